The Kier molecular flexibility index (Phi) is 3.98. The molecule has 0 amide bonds. The van der Waals surface area contributed by atoms with Crippen LogP contribution in [0.2, 0.25) is 0 Å². The summed E-state index contributed by atoms with van der Waals surface area (Å²) >= 11 is 0. The summed E-state index contributed by atoms with van der Waals surface area (Å²) in [7, 11) is 3.86. The molecule has 2 heterocycles. The molecule has 1 N–H and O–H groups in total. The smallest absolute Gasteiger partial charge is 0.241 e. The fraction of sp³-hybridized carbons (Fsp3) is 0.571. The Morgan fingerprint density at radius 1 is 1.29 bits per heavy atom. The maximum atomic E-state index is 4.55. The SMILES string of the molecule is CNc1nc(N(C)CC2CCCC2)nc(-n2ccnc2)n1. The lowest BCUT2D eigenvalue weighted by Crippen LogP contribution is -2.26. The first-order valence-corrected chi connectivity index (χ1v) is 7.39. The Bertz CT molecular complexity index is 575. The monoisotopic (exact) mass is 287 g/mol. The van der Waals surface area contributed by atoms with Gasteiger partial charge < -0.3 is 10.2 Å². The van der Waals surface area contributed by atoms with Crippen LogP contribution in [-0.2, 0) is 0 Å². The van der Waals surface area contributed by atoms with Crippen LogP contribution in [0.1, 0.15) is 25.7 Å². The van der Waals surface area contributed by atoms with Crippen LogP contribution in [0.4, 0.5) is 11.9 Å². The molecule has 112 valence electrons. The zero-order valence-corrected chi connectivity index (χ0v) is 12.5. The minimum absolute atomic E-state index is 0.571. The molecule has 2 aromatic rings. The standard InChI is InChI=1S/C14H21N7/c1-15-12-17-13(20(2)9-11-5-3-4-6-11)19-14(18-12)21-8-7-16-10-21/h7-8,10-11H,3-6,9H2,1-2H3,(H,15,17,18,19). The molecule has 0 spiro atoms. The maximum Gasteiger partial charge on any atom is 0.241 e. The van der Waals surface area contributed by atoms with Crippen molar-refractivity contribution in [3.8, 4) is 5.95 Å². The molecule has 1 saturated carbocycles. The van der Waals surface area contributed by atoms with Crippen LogP contribution in [0.5, 0.6) is 0 Å². The summed E-state index contributed by atoms with van der Waals surface area (Å²) in [5.41, 5.74) is 0. The van der Waals surface area contributed by atoms with Crippen molar-refractivity contribution in [3.05, 3.63) is 18.7 Å². The fourth-order valence-corrected chi connectivity index (χ4v) is 2.79. The molecule has 0 atom stereocenters. The van der Waals surface area contributed by atoms with Crippen LogP contribution in [0.25, 0.3) is 5.95 Å². The van der Waals surface area contributed by atoms with Crippen molar-refractivity contribution in [2.75, 3.05) is 30.9 Å². The van der Waals surface area contributed by atoms with E-state index in [1.165, 1.54) is 25.7 Å². The summed E-state index contributed by atoms with van der Waals surface area (Å²) in [5.74, 6) is 2.61. The van der Waals surface area contributed by atoms with Crippen molar-refractivity contribution in [1.82, 2.24) is 24.5 Å². The first-order valence-electron chi connectivity index (χ1n) is 7.39. The van der Waals surface area contributed by atoms with Crippen LogP contribution in [0.15, 0.2) is 18.7 Å². The molecule has 0 aliphatic heterocycles. The topological polar surface area (TPSA) is 71.8 Å². The molecule has 0 radical (unpaired) electrons. The van der Waals surface area contributed by atoms with Gasteiger partial charge in [-0.05, 0) is 18.8 Å². The number of imidazole rings is 1. The van der Waals surface area contributed by atoms with E-state index in [4.69, 9.17) is 0 Å². The van der Waals surface area contributed by atoms with Crippen LogP contribution in [-0.4, -0.2) is 45.1 Å². The normalized spacial score (nSPS) is 15.3. The van der Waals surface area contributed by atoms with E-state index in [0.29, 0.717) is 17.8 Å². The molecule has 0 aromatic carbocycles. The summed E-state index contributed by atoms with van der Waals surface area (Å²) in [6.45, 7) is 0.997. The molecular weight excluding hydrogens is 266 g/mol. The maximum absolute atomic E-state index is 4.55. The molecule has 7 heteroatoms. The van der Waals surface area contributed by atoms with E-state index >= 15 is 0 Å². The summed E-state index contributed by atoms with van der Waals surface area (Å²) < 4.78 is 1.79. The van der Waals surface area contributed by atoms with E-state index in [-0.39, 0.29) is 0 Å². The van der Waals surface area contributed by atoms with Gasteiger partial charge in [0.05, 0.1) is 0 Å². The van der Waals surface area contributed by atoms with Gasteiger partial charge in [-0.3, -0.25) is 4.57 Å². The van der Waals surface area contributed by atoms with Gasteiger partial charge >= 0.3 is 0 Å². The van der Waals surface area contributed by atoms with Crippen molar-refractivity contribution in [1.29, 1.82) is 0 Å². The molecule has 1 aliphatic carbocycles. The molecule has 0 bridgehead atoms. The summed E-state index contributed by atoms with van der Waals surface area (Å²) in [4.78, 5) is 19.6. The third-order valence-electron chi connectivity index (χ3n) is 3.92. The fourth-order valence-electron chi connectivity index (χ4n) is 2.79. The Balaban J connectivity index is 1.84. The first kappa shape index (κ1) is 13.8. The van der Waals surface area contributed by atoms with Gasteiger partial charge in [0, 0.05) is 33.0 Å². The second kappa shape index (κ2) is 6.07. The number of rotatable bonds is 5. The number of aromatic nitrogens is 5. The lowest BCUT2D eigenvalue weighted by Gasteiger charge is -2.21. The third-order valence-corrected chi connectivity index (χ3v) is 3.92. The van der Waals surface area contributed by atoms with E-state index in [0.717, 1.165) is 12.5 Å². The van der Waals surface area contributed by atoms with Gasteiger partial charge in [0.1, 0.15) is 6.33 Å². The average Bonchev–Trinajstić information content (AvgIpc) is 3.20. The molecule has 7 nitrogen and oxygen atoms in total. The molecular formula is C14H21N7. The van der Waals surface area contributed by atoms with Crippen molar-refractivity contribution in [3.63, 3.8) is 0 Å². The number of hydrogen-bond donors (Lipinski definition) is 1. The van der Waals surface area contributed by atoms with Crippen LogP contribution in [0, 0.1) is 5.92 Å². The summed E-state index contributed by atoms with van der Waals surface area (Å²) in [6, 6.07) is 0. The van der Waals surface area contributed by atoms with Gasteiger partial charge in [-0.1, -0.05) is 12.8 Å². The zero-order valence-electron chi connectivity index (χ0n) is 12.5. The van der Waals surface area contributed by atoms with Crippen molar-refractivity contribution in [2.45, 2.75) is 25.7 Å². The van der Waals surface area contributed by atoms with E-state index in [1.54, 1.807) is 17.1 Å². The van der Waals surface area contributed by atoms with E-state index < -0.39 is 0 Å². The lowest BCUT2D eigenvalue weighted by atomic mass is 10.1. The third kappa shape index (κ3) is 3.12. The Labute approximate surface area is 124 Å². The number of nitrogens with one attached hydrogen (secondary N) is 1. The second-order valence-corrected chi connectivity index (χ2v) is 5.51. The van der Waals surface area contributed by atoms with Crippen molar-refractivity contribution >= 4 is 11.9 Å². The Morgan fingerprint density at radius 2 is 2.10 bits per heavy atom. The molecule has 0 unspecified atom stereocenters. The predicted molar refractivity (Wildman–Crippen MR) is 81.7 cm³/mol. The quantitative estimate of drug-likeness (QED) is 0.903. The molecule has 21 heavy (non-hydrogen) atoms. The van der Waals surface area contributed by atoms with E-state index in [2.05, 4.69) is 30.2 Å². The highest BCUT2D eigenvalue weighted by Gasteiger charge is 2.19. The largest absolute Gasteiger partial charge is 0.357 e. The second-order valence-electron chi connectivity index (χ2n) is 5.51. The molecule has 0 saturated heterocycles. The van der Waals surface area contributed by atoms with E-state index in [1.807, 2.05) is 20.3 Å². The van der Waals surface area contributed by atoms with Gasteiger partial charge in [0.25, 0.3) is 0 Å². The average molecular weight is 287 g/mol. The van der Waals surface area contributed by atoms with Gasteiger partial charge in [-0.25, -0.2) is 4.98 Å². The highest BCUT2D eigenvalue weighted by atomic mass is 15.3. The summed E-state index contributed by atoms with van der Waals surface area (Å²) in [6.07, 6.45) is 10.5. The van der Waals surface area contributed by atoms with E-state index in [9.17, 15) is 0 Å². The van der Waals surface area contributed by atoms with Crippen molar-refractivity contribution < 1.29 is 0 Å². The highest BCUT2D eigenvalue weighted by molar-refractivity contribution is 5.39. The first-order chi connectivity index (χ1) is 10.3. The van der Waals surface area contributed by atoms with Gasteiger partial charge in [0.2, 0.25) is 17.8 Å². The van der Waals surface area contributed by atoms with Crippen LogP contribution >= 0.6 is 0 Å². The predicted octanol–water partition coefficient (Wildman–Crippen LogP) is 1.73. The molecule has 1 fully saturated rings. The Hall–Kier alpha value is -2.18. The zero-order chi connectivity index (χ0) is 14.7. The molecule has 1 aliphatic rings. The minimum atomic E-state index is 0.571. The minimum Gasteiger partial charge on any atom is -0.357 e. The van der Waals surface area contributed by atoms with Gasteiger partial charge in [-0.2, -0.15) is 15.0 Å². The Morgan fingerprint density at radius 3 is 2.76 bits per heavy atom. The van der Waals surface area contributed by atoms with Crippen LogP contribution < -0.4 is 10.2 Å². The lowest BCUT2D eigenvalue weighted by molar-refractivity contribution is 0.542. The number of anilines is 2. The highest BCUT2D eigenvalue weighted by Crippen LogP contribution is 2.26. The molecule has 3 rings (SSSR count). The number of hydrogen-bond acceptors (Lipinski definition) is 6. The van der Waals surface area contributed by atoms with Gasteiger partial charge in [-0.15, -0.1) is 0 Å². The molecule has 2 aromatic heterocycles. The van der Waals surface area contributed by atoms with Crippen LogP contribution in [0.3, 0.4) is 0 Å². The summed E-state index contributed by atoms with van der Waals surface area (Å²) in [5, 5.41) is 3.00. The number of nitrogens with zero attached hydrogens (tertiary/aromatic N) is 6. The van der Waals surface area contributed by atoms with Gasteiger partial charge in [0.15, 0.2) is 0 Å². The van der Waals surface area contributed by atoms with Crippen molar-refractivity contribution in [2.24, 2.45) is 5.92 Å².